The maximum atomic E-state index is 12.6. The Balaban J connectivity index is 1.14. The molecule has 3 aliphatic rings. The van der Waals surface area contributed by atoms with E-state index in [0.29, 0.717) is 22.0 Å². The van der Waals surface area contributed by atoms with Gasteiger partial charge in [-0.05, 0) is 79.3 Å². The second kappa shape index (κ2) is 9.86. The molecular formula is C29H26N2O5S. The summed E-state index contributed by atoms with van der Waals surface area (Å²) in [5.41, 5.74) is 3.62. The molecule has 0 aromatic heterocycles. The van der Waals surface area contributed by atoms with Crippen LogP contribution in [0.15, 0.2) is 72.8 Å². The minimum atomic E-state index is -1.52. The summed E-state index contributed by atoms with van der Waals surface area (Å²) in [7, 11) is -1.52. The average Bonchev–Trinajstić information content (AvgIpc) is 3.66. The molecular weight excluding hydrogens is 488 g/mol. The topological polar surface area (TPSA) is 84.9 Å². The van der Waals surface area contributed by atoms with Crippen molar-refractivity contribution in [2.24, 2.45) is 0 Å². The lowest BCUT2D eigenvalue weighted by molar-refractivity contribution is -0.114. The summed E-state index contributed by atoms with van der Waals surface area (Å²) in [5, 5.41) is 0. The number of carbonyl (C=O) groups is 2. The van der Waals surface area contributed by atoms with Crippen LogP contribution in [0.5, 0.6) is 17.2 Å². The quantitative estimate of drug-likeness (QED) is 0.505. The van der Waals surface area contributed by atoms with E-state index in [1.807, 2.05) is 65.6 Å². The lowest BCUT2D eigenvalue weighted by atomic mass is 10.1. The lowest BCUT2D eigenvalue weighted by Crippen LogP contribution is -2.27. The zero-order valence-electron chi connectivity index (χ0n) is 20.1. The molecule has 0 bridgehead atoms. The Morgan fingerprint density at radius 1 is 0.946 bits per heavy atom. The Labute approximate surface area is 217 Å². The van der Waals surface area contributed by atoms with E-state index in [9.17, 15) is 13.8 Å². The van der Waals surface area contributed by atoms with Crippen LogP contribution in [0.25, 0.3) is 4.91 Å². The van der Waals surface area contributed by atoms with Crippen LogP contribution in [0.4, 0.5) is 0 Å². The third-order valence-corrected chi connectivity index (χ3v) is 8.11. The Morgan fingerprint density at radius 2 is 1.68 bits per heavy atom. The molecule has 0 spiro atoms. The number of ether oxygens (including phenoxy) is 2. The molecule has 0 saturated carbocycles. The molecule has 2 atom stereocenters. The molecule has 8 heteroatoms. The Bertz CT molecular complexity index is 1410. The molecule has 3 aromatic carbocycles. The molecule has 188 valence electrons. The molecule has 1 aliphatic carbocycles. The van der Waals surface area contributed by atoms with Gasteiger partial charge in [0.25, 0.3) is 11.8 Å². The van der Waals surface area contributed by atoms with E-state index >= 15 is 0 Å². The fourth-order valence-corrected chi connectivity index (χ4v) is 6.01. The number of amides is 2. The molecule has 2 amide bonds. The highest BCUT2D eigenvalue weighted by atomic mass is 32.2. The van der Waals surface area contributed by atoms with Gasteiger partial charge < -0.3 is 14.4 Å². The molecule has 3 aromatic rings. The van der Waals surface area contributed by atoms with Gasteiger partial charge in [0.15, 0.2) is 11.0 Å². The van der Waals surface area contributed by atoms with Gasteiger partial charge in [0.2, 0.25) is 0 Å². The van der Waals surface area contributed by atoms with Crippen LogP contribution in [-0.2, 0) is 22.2 Å². The van der Waals surface area contributed by atoms with Crippen LogP contribution in [0.1, 0.15) is 52.4 Å². The van der Waals surface area contributed by atoms with Crippen molar-refractivity contribution in [2.75, 3.05) is 13.1 Å². The molecule has 2 aliphatic heterocycles. The smallest absolute Gasteiger partial charge is 0.257 e. The van der Waals surface area contributed by atoms with Crippen LogP contribution in [0.2, 0.25) is 0 Å². The number of nitrogens with zero attached hydrogens (tertiary/aromatic N) is 1. The molecule has 1 saturated heterocycles. The van der Waals surface area contributed by atoms with Gasteiger partial charge >= 0.3 is 0 Å². The zero-order valence-corrected chi connectivity index (χ0v) is 21.0. The molecule has 1 fully saturated rings. The SMILES string of the molecule is O=C1C=C(c2ccc(O[C@@H]3CCc4c(Oc5ccc(C(=O)N6CCCC6)cc5)cccc43)cc2)S(=O)N1. The van der Waals surface area contributed by atoms with Crippen LogP contribution in [0.3, 0.4) is 0 Å². The van der Waals surface area contributed by atoms with Gasteiger partial charge in [-0.2, -0.15) is 0 Å². The van der Waals surface area contributed by atoms with Gasteiger partial charge in [-0.1, -0.05) is 24.3 Å². The summed E-state index contributed by atoms with van der Waals surface area (Å²) in [4.78, 5) is 26.4. The van der Waals surface area contributed by atoms with E-state index in [1.54, 1.807) is 0 Å². The minimum Gasteiger partial charge on any atom is -0.486 e. The van der Waals surface area contributed by atoms with Gasteiger partial charge in [0, 0.05) is 30.3 Å². The van der Waals surface area contributed by atoms with Crippen LogP contribution in [-0.4, -0.2) is 34.0 Å². The number of fused-ring (bicyclic) bond motifs is 1. The number of nitrogens with one attached hydrogen (secondary N) is 1. The van der Waals surface area contributed by atoms with Crippen molar-refractivity contribution in [2.45, 2.75) is 31.8 Å². The van der Waals surface area contributed by atoms with Crippen molar-refractivity contribution >= 4 is 27.7 Å². The first-order valence-electron chi connectivity index (χ1n) is 12.5. The minimum absolute atomic E-state index is 0.0797. The van der Waals surface area contributed by atoms with Gasteiger partial charge in [-0.3, -0.25) is 14.3 Å². The third kappa shape index (κ3) is 4.76. The van der Waals surface area contributed by atoms with Gasteiger partial charge in [-0.25, -0.2) is 4.21 Å². The number of rotatable bonds is 6. The molecule has 6 rings (SSSR count). The van der Waals surface area contributed by atoms with Gasteiger partial charge in [-0.15, -0.1) is 0 Å². The second-order valence-electron chi connectivity index (χ2n) is 9.36. The maximum Gasteiger partial charge on any atom is 0.257 e. The first-order chi connectivity index (χ1) is 18.0. The Hall–Kier alpha value is -3.91. The van der Waals surface area contributed by atoms with E-state index in [2.05, 4.69) is 10.8 Å². The van der Waals surface area contributed by atoms with E-state index in [1.165, 1.54) is 6.08 Å². The van der Waals surface area contributed by atoms with Crippen molar-refractivity contribution in [3.05, 3.63) is 95.1 Å². The fraction of sp³-hybridized carbons (Fsp3) is 0.241. The van der Waals surface area contributed by atoms with E-state index in [0.717, 1.165) is 61.2 Å². The highest BCUT2D eigenvalue weighted by Crippen LogP contribution is 2.41. The normalized spacial score (nSPS) is 20.4. The highest BCUT2D eigenvalue weighted by Gasteiger charge is 2.28. The number of likely N-dealkylation sites (tertiary alicyclic amines) is 1. The van der Waals surface area contributed by atoms with Crippen molar-refractivity contribution < 1.29 is 23.3 Å². The average molecular weight is 515 g/mol. The summed E-state index contributed by atoms with van der Waals surface area (Å²) in [6.07, 6.45) is 5.06. The standard InChI is InChI=1S/C29H26N2O5S/c32-28-18-27(37(34)30-28)19-6-10-21(11-7-19)36-26-15-14-24-23(26)4-3-5-25(24)35-22-12-8-20(9-13-22)29(33)31-16-1-2-17-31/h3-13,18,26H,1-2,14-17H2,(H,30,32)/t26-,37?/m1/s1. The molecule has 37 heavy (non-hydrogen) atoms. The summed E-state index contributed by atoms with van der Waals surface area (Å²) in [5.74, 6) is 1.93. The lowest BCUT2D eigenvalue weighted by Gasteiger charge is -2.17. The number of hydrogen-bond acceptors (Lipinski definition) is 5. The predicted molar refractivity (Wildman–Crippen MR) is 140 cm³/mol. The fourth-order valence-electron chi connectivity index (χ4n) is 5.10. The van der Waals surface area contributed by atoms with Gasteiger partial charge in [0.1, 0.15) is 23.4 Å². The van der Waals surface area contributed by atoms with E-state index < -0.39 is 11.0 Å². The van der Waals surface area contributed by atoms with Crippen LogP contribution >= 0.6 is 0 Å². The molecule has 1 N–H and O–H groups in total. The summed E-state index contributed by atoms with van der Waals surface area (Å²) >= 11 is 0. The van der Waals surface area contributed by atoms with Crippen molar-refractivity contribution in [1.82, 2.24) is 9.62 Å². The summed E-state index contributed by atoms with van der Waals surface area (Å²) in [6, 6.07) is 20.6. The second-order valence-corrected chi connectivity index (χ2v) is 10.5. The predicted octanol–water partition coefficient (Wildman–Crippen LogP) is 4.92. The number of hydrogen-bond donors (Lipinski definition) is 1. The Morgan fingerprint density at radius 3 is 2.38 bits per heavy atom. The maximum absolute atomic E-state index is 12.6. The first kappa shape index (κ1) is 23.5. The Kier molecular flexibility index (Phi) is 6.26. The van der Waals surface area contributed by atoms with Crippen molar-refractivity contribution in [1.29, 1.82) is 0 Å². The van der Waals surface area contributed by atoms with Crippen LogP contribution in [0, 0.1) is 0 Å². The number of carbonyl (C=O) groups excluding carboxylic acids is 2. The molecule has 0 radical (unpaired) electrons. The van der Waals surface area contributed by atoms with E-state index in [4.69, 9.17) is 9.47 Å². The van der Waals surface area contributed by atoms with E-state index in [-0.39, 0.29) is 17.9 Å². The third-order valence-electron chi connectivity index (χ3n) is 6.97. The molecule has 2 heterocycles. The molecule has 7 nitrogen and oxygen atoms in total. The van der Waals surface area contributed by atoms with Crippen LogP contribution < -0.4 is 14.2 Å². The first-order valence-corrected chi connectivity index (χ1v) is 13.6. The summed E-state index contributed by atoms with van der Waals surface area (Å²) in [6.45, 7) is 1.66. The van der Waals surface area contributed by atoms with Gasteiger partial charge in [0.05, 0.1) is 4.91 Å². The largest absolute Gasteiger partial charge is 0.486 e. The van der Waals surface area contributed by atoms with Crippen molar-refractivity contribution in [3.63, 3.8) is 0 Å². The summed E-state index contributed by atoms with van der Waals surface area (Å²) < 4.78 is 26.9. The monoisotopic (exact) mass is 514 g/mol. The zero-order chi connectivity index (χ0) is 25.4. The van der Waals surface area contributed by atoms with Crippen molar-refractivity contribution in [3.8, 4) is 17.2 Å². The molecule has 1 unspecified atom stereocenters. The highest BCUT2D eigenvalue weighted by molar-refractivity contribution is 7.93. The number of benzene rings is 3.